The van der Waals surface area contributed by atoms with E-state index < -0.39 is 0 Å². The topological polar surface area (TPSA) is 102 Å². The maximum absolute atomic E-state index is 12.5. The lowest BCUT2D eigenvalue weighted by Gasteiger charge is -2.32. The van der Waals surface area contributed by atoms with Crippen LogP contribution in [0, 0.1) is 0 Å². The zero-order valence-electron chi connectivity index (χ0n) is 23.8. The van der Waals surface area contributed by atoms with E-state index in [1.807, 2.05) is 42.5 Å². The number of aromatic nitrogens is 3. The Kier molecular flexibility index (Phi) is 9.22. The van der Waals surface area contributed by atoms with Gasteiger partial charge in [0, 0.05) is 67.7 Å². The lowest BCUT2D eigenvalue weighted by molar-refractivity contribution is -0.115. The maximum Gasteiger partial charge on any atom is 0.228 e. The number of piperazine rings is 1. The van der Waals surface area contributed by atoms with Crippen LogP contribution in [0.4, 0.5) is 5.69 Å². The summed E-state index contributed by atoms with van der Waals surface area (Å²) in [5.74, 6) is 1.70. The lowest BCUT2D eigenvalue weighted by atomic mass is 10.1. The fourth-order valence-electron chi connectivity index (χ4n) is 4.85. The molecule has 0 bridgehead atoms. The second-order valence-corrected chi connectivity index (χ2v) is 10.1. The number of rotatable bonds is 11. The summed E-state index contributed by atoms with van der Waals surface area (Å²) in [6.45, 7) is 6.05. The van der Waals surface area contributed by atoms with Crippen molar-refractivity contribution in [1.82, 2.24) is 24.8 Å². The Labute approximate surface area is 240 Å². The number of methoxy groups -OCH3 is 2. The molecule has 41 heavy (non-hydrogen) atoms. The van der Waals surface area contributed by atoms with Crippen LogP contribution in [0.15, 0.2) is 61.1 Å². The number of hydrogen-bond acceptors (Lipinski definition) is 9. The van der Waals surface area contributed by atoms with Gasteiger partial charge in [0.05, 0.1) is 38.5 Å². The van der Waals surface area contributed by atoms with E-state index in [4.69, 9.17) is 14.2 Å². The normalized spacial score (nSPS) is 14.1. The van der Waals surface area contributed by atoms with Crippen molar-refractivity contribution < 1.29 is 19.0 Å². The Balaban J connectivity index is 1.23. The fraction of sp³-hybridized carbons (Fsp3) is 0.355. The van der Waals surface area contributed by atoms with E-state index in [1.54, 1.807) is 32.8 Å². The summed E-state index contributed by atoms with van der Waals surface area (Å²) in [5, 5.41) is 3.79. The molecule has 214 valence electrons. The number of hydrogen-bond donors (Lipinski definition) is 1. The van der Waals surface area contributed by atoms with Crippen LogP contribution in [0.3, 0.4) is 0 Å². The molecule has 0 aliphatic carbocycles. The summed E-state index contributed by atoms with van der Waals surface area (Å²) in [4.78, 5) is 30.6. The number of amides is 1. The first-order chi connectivity index (χ1) is 20.0. The monoisotopic (exact) mass is 556 g/mol. The van der Waals surface area contributed by atoms with Crippen molar-refractivity contribution >= 4 is 22.5 Å². The van der Waals surface area contributed by atoms with Gasteiger partial charge < -0.3 is 29.3 Å². The van der Waals surface area contributed by atoms with Gasteiger partial charge in [-0.05, 0) is 37.2 Å². The fourth-order valence-corrected chi connectivity index (χ4v) is 4.85. The van der Waals surface area contributed by atoms with Gasteiger partial charge in [-0.15, -0.1) is 0 Å². The van der Waals surface area contributed by atoms with Crippen LogP contribution in [-0.2, 0) is 11.2 Å². The predicted octanol–water partition coefficient (Wildman–Crippen LogP) is 3.91. The summed E-state index contributed by atoms with van der Waals surface area (Å²) < 4.78 is 16.9. The van der Waals surface area contributed by atoms with Gasteiger partial charge in [0.25, 0.3) is 0 Å². The average molecular weight is 557 g/mol. The Morgan fingerprint density at radius 1 is 0.927 bits per heavy atom. The largest absolute Gasteiger partial charge is 0.493 e. The van der Waals surface area contributed by atoms with Crippen molar-refractivity contribution in [3.63, 3.8) is 0 Å². The number of nitrogens with zero attached hydrogens (tertiary/aromatic N) is 5. The van der Waals surface area contributed by atoms with Crippen molar-refractivity contribution in [1.29, 1.82) is 0 Å². The molecule has 10 nitrogen and oxygen atoms in total. The molecule has 2 aromatic heterocycles. The number of likely N-dealkylation sites (N-methyl/N-ethyl adjacent to an activating group) is 1. The molecular formula is C31H36N6O4. The minimum absolute atomic E-state index is 0.127. The number of carbonyl (C=O) groups is 1. The lowest BCUT2D eigenvalue weighted by Crippen LogP contribution is -2.44. The van der Waals surface area contributed by atoms with E-state index in [0.717, 1.165) is 66.9 Å². The van der Waals surface area contributed by atoms with Crippen molar-refractivity contribution in [2.75, 3.05) is 65.9 Å². The molecule has 0 unspecified atom stereocenters. The number of carbonyl (C=O) groups excluding carboxylic acids is 1. The number of benzene rings is 2. The molecule has 1 fully saturated rings. The van der Waals surface area contributed by atoms with Gasteiger partial charge in [0.1, 0.15) is 6.33 Å². The number of ether oxygens (including phenoxy) is 3. The van der Waals surface area contributed by atoms with Gasteiger partial charge in [-0.2, -0.15) is 0 Å². The molecule has 1 saturated heterocycles. The summed E-state index contributed by atoms with van der Waals surface area (Å²) in [6.07, 6.45) is 4.36. The molecule has 1 amide bonds. The predicted molar refractivity (Wildman–Crippen MR) is 159 cm³/mol. The summed E-state index contributed by atoms with van der Waals surface area (Å²) in [7, 11) is 5.37. The Morgan fingerprint density at radius 3 is 2.44 bits per heavy atom. The van der Waals surface area contributed by atoms with Crippen LogP contribution in [0.1, 0.15) is 12.0 Å². The van der Waals surface area contributed by atoms with Crippen LogP contribution in [0.2, 0.25) is 0 Å². The van der Waals surface area contributed by atoms with Gasteiger partial charge in [0.2, 0.25) is 11.8 Å². The zero-order chi connectivity index (χ0) is 28.6. The third kappa shape index (κ3) is 7.27. The maximum atomic E-state index is 12.5. The molecule has 0 saturated carbocycles. The van der Waals surface area contributed by atoms with Crippen molar-refractivity contribution in [3.8, 4) is 28.6 Å². The van der Waals surface area contributed by atoms with E-state index >= 15 is 0 Å². The second kappa shape index (κ2) is 13.4. The first kappa shape index (κ1) is 28.3. The first-order valence-corrected chi connectivity index (χ1v) is 13.8. The summed E-state index contributed by atoms with van der Waals surface area (Å²) in [6, 6.07) is 15.0. The van der Waals surface area contributed by atoms with Crippen LogP contribution in [0.5, 0.6) is 17.4 Å². The molecule has 1 N–H and O–H groups in total. The quantitative estimate of drug-likeness (QED) is 0.276. The molecular weight excluding hydrogens is 520 g/mol. The molecule has 1 aliphatic rings. The van der Waals surface area contributed by atoms with Gasteiger partial charge in [-0.3, -0.25) is 4.79 Å². The van der Waals surface area contributed by atoms with E-state index in [2.05, 4.69) is 37.1 Å². The number of nitrogens with one attached hydrogen (secondary N) is 1. The average Bonchev–Trinajstić information content (AvgIpc) is 3.00. The standard InChI is InChI=1S/C31H36N6O4/c1-36-12-14-37(15-13-36)11-4-16-41-28-19-26-25(18-27(28)39-2)31(34-21-33-26)23-6-8-24(9-7-23)35-29(38)17-22-5-10-30(40-3)32-20-22/h5-10,18-21H,4,11-17H2,1-3H3,(H,35,38). The van der Waals surface area contributed by atoms with Gasteiger partial charge >= 0.3 is 0 Å². The number of pyridine rings is 1. The Morgan fingerprint density at radius 2 is 1.73 bits per heavy atom. The van der Waals surface area contributed by atoms with Crippen molar-refractivity contribution in [2.45, 2.75) is 12.8 Å². The van der Waals surface area contributed by atoms with Crippen molar-refractivity contribution in [3.05, 3.63) is 66.6 Å². The third-order valence-electron chi connectivity index (χ3n) is 7.21. The van der Waals surface area contributed by atoms with E-state index in [0.29, 0.717) is 29.7 Å². The summed E-state index contributed by atoms with van der Waals surface area (Å²) in [5.41, 5.74) is 3.95. The molecule has 0 spiro atoms. The molecule has 10 heteroatoms. The van der Waals surface area contributed by atoms with E-state index in [-0.39, 0.29) is 12.3 Å². The first-order valence-electron chi connectivity index (χ1n) is 13.8. The van der Waals surface area contributed by atoms with Crippen LogP contribution < -0.4 is 19.5 Å². The molecule has 3 heterocycles. The highest BCUT2D eigenvalue weighted by atomic mass is 16.5. The molecule has 0 radical (unpaired) electrons. The number of fused-ring (bicyclic) bond motifs is 1. The molecule has 1 aliphatic heterocycles. The Hall–Kier alpha value is -4.28. The second-order valence-electron chi connectivity index (χ2n) is 10.1. The van der Waals surface area contributed by atoms with E-state index in [1.165, 1.54) is 0 Å². The highest BCUT2D eigenvalue weighted by molar-refractivity contribution is 5.95. The zero-order valence-corrected chi connectivity index (χ0v) is 23.8. The Bertz CT molecular complexity index is 1450. The minimum atomic E-state index is -0.127. The molecule has 4 aromatic rings. The molecule has 0 atom stereocenters. The minimum Gasteiger partial charge on any atom is -0.493 e. The van der Waals surface area contributed by atoms with Gasteiger partial charge in [0.15, 0.2) is 11.5 Å². The molecule has 2 aromatic carbocycles. The smallest absolute Gasteiger partial charge is 0.228 e. The van der Waals surface area contributed by atoms with Crippen LogP contribution in [-0.4, -0.2) is 91.3 Å². The highest BCUT2D eigenvalue weighted by Crippen LogP contribution is 2.35. The number of anilines is 1. The van der Waals surface area contributed by atoms with Crippen molar-refractivity contribution in [2.24, 2.45) is 0 Å². The highest BCUT2D eigenvalue weighted by Gasteiger charge is 2.15. The summed E-state index contributed by atoms with van der Waals surface area (Å²) >= 11 is 0. The SMILES string of the molecule is COc1ccc(CC(=O)Nc2ccc(-c3ncnc4cc(OCCCN5CCN(C)CC5)c(OC)cc34)cc2)cn1. The van der Waals surface area contributed by atoms with Crippen LogP contribution >= 0.6 is 0 Å². The molecule has 5 rings (SSSR count). The van der Waals surface area contributed by atoms with Crippen LogP contribution in [0.25, 0.3) is 22.2 Å². The van der Waals surface area contributed by atoms with Gasteiger partial charge in [-0.1, -0.05) is 18.2 Å². The third-order valence-corrected chi connectivity index (χ3v) is 7.21. The van der Waals surface area contributed by atoms with Gasteiger partial charge in [-0.25, -0.2) is 15.0 Å². The van der Waals surface area contributed by atoms with E-state index in [9.17, 15) is 4.79 Å².